The van der Waals surface area contributed by atoms with Gasteiger partial charge in [0.1, 0.15) is 0 Å². The molecule has 126 valence electrons. The van der Waals surface area contributed by atoms with Crippen LogP contribution in [0.15, 0.2) is 23.1 Å². The fourth-order valence-electron chi connectivity index (χ4n) is 2.54. The maximum atomic E-state index is 12.9. The molecule has 0 bridgehead atoms. The second kappa shape index (κ2) is 6.47. The molecule has 0 amide bonds. The predicted octanol–water partition coefficient (Wildman–Crippen LogP) is 2.16. The first-order valence-electron chi connectivity index (χ1n) is 6.97. The van der Waals surface area contributed by atoms with Crippen molar-refractivity contribution in [3.05, 3.63) is 29.3 Å². The minimum atomic E-state index is -4.83. The molecule has 0 spiro atoms. The third kappa shape index (κ3) is 4.02. The van der Waals surface area contributed by atoms with Crippen LogP contribution in [-0.2, 0) is 16.2 Å². The molecule has 5 nitrogen and oxygen atoms in total. The molecule has 2 N–H and O–H groups in total. The Bertz CT molecular complexity index is 726. The van der Waals surface area contributed by atoms with Crippen molar-refractivity contribution >= 4 is 10.0 Å². The van der Waals surface area contributed by atoms with E-state index in [0.717, 1.165) is 25.0 Å². The lowest BCUT2D eigenvalue weighted by molar-refractivity contribution is -0.137. The molecule has 9 heteroatoms. The van der Waals surface area contributed by atoms with Crippen molar-refractivity contribution in [3.63, 3.8) is 0 Å². The van der Waals surface area contributed by atoms with Crippen molar-refractivity contribution in [2.45, 2.75) is 48.9 Å². The van der Waals surface area contributed by atoms with Crippen LogP contribution in [0, 0.1) is 11.3 Å². The summed E-state index contributed by atoms with van der Waals surface area (Å²) in [6.45, 7) is 0. The van der Waals surface area contributed by atoms with Crippen LogP contribution in [0.4, 0.5) is 13.2 Å². The molecular formula is C14H15F3N2O3S. The summed E-state index contributed by atoms with van der Waals surface area (Å²) in [6.07, 6.45) is -3.34. The lowest BCUT2D eigenvalue weighted by atomic mass is 9.93. The first-order valence-corrected chi connectivity index (χ1v) is 8.45. The van der Waals surface area contributed by atoms with Crippen molar-refractivity contribution in [1.82, 2.24) is 4.72 Å². The average Bonchev–Trinajstić information content (AvgIpc) is 2.48. The molecule has 1 aliphatic carbocycles. The summed E-state index contributed by atoms with van der Waals surface area (Å²) in [5.41, 5.74) is -1.94. The standard InChI is InChI=1S/C14H15F3N2O3S/c15-14(16,17)11-7-10(6-5-9(11)8-18)23(21,22)19-12-3-1-2-4-13(12)20/h5-7,12-13,19-20H,1-4H2/t12-,13-/m1/s1. The Morgan fingerprint density at radius 2 is 1.91 bits per heavy atom. The topological polar surface area (TPSA) is 90.2 Å². The van der Waals surface area contributed by atoms with Gasteiger partial charge in [0.15, 0.2) is 0 Å². The van der Waals surface area contributed by atoms with E-state index in [0.29, 0.717) is 18.9 Å². The zero-order valence-corrected chi connectivity index (χ0v) is 12.8. The highest BCUT2D eigenvalue weighted by atomic mass is 32.2. The summed E-state index contributed by atoms with van der Waals surface area (Å²) in [4.78, 5) is -0.582. The summed E-state index contributed by atoms with van der Waals surface area (Å²) in [7, 11) is -4.22. The number of alkyl halides is 3. The third-order valence-electron chi connectivity index (χ3n) is 3.76. The van der Waals surface area contributed by atoms with Crippen molar-refractivity contribution < 1.29 is 26.7 Å². The Kier molecular flexibility index (Phi) is 4.98. The lowest BCUT2D eigenvalue weighted by Crippen LogP contribution is -2.45. The first-order chi connectivity index (χ1) is 10.6. The lowest BCUT2D eigenvalue weighted by Gasteiger charge is -2.28. The molecule has 0 aromatic heterocycles. The zero-order valence-electron chi connectivity index (χ0n) is 12.0. The summed E-state index contributed by atoms with van der Waals surface area (Å²) in [6, 6.07) is 2.89. The van der Waals surface area contributed by atoms with Gasteiger partial charge in [0.25, 0.3) is 0 Å². The molecule has 1 saturated carbocycles. The summed E-state index contributed by atoms with van der Waals surface area (Å²) in [5, 5.41) is 18.5. The highest BCUT2D eigenvalue weighted by Gasteiger charge is 2.35. The normalized spacial score (nSPS) is 22.6. The Morgan fingerprint density at radius 3 is 2.48 bits per heavy atom. The van der Waals surface area contributed by atoms with E-state index in [9.17, 15) is 26.7 Å². The minimum Gasteiger partial charge on any atom is -0.391 e. The van der Waals surface area contributed by atoms with E-state index in [1.54, 1.807) is 0 Å². The second-order valence-electron chi connectivity index (χ2n) is 5.40. The molecule has 0 unspecified atom stereocenters. The summed E-state index contributed by atoms with van der Waals surface area (Å²) >= 11 is 0. The highest BCUT2D eigenvalue weighted by Crippen LogP contribution is 2.33. The number of rotatable bonds is 3. The van der Waals surface area contributed by atoms with Crippen LogP contribution in [0.3, 0.4) is 0 Å². The molecule has 1 fully saturated rings. The van der Waals surface area contributed by atoms with Gasteiger partial charge in [0, 0.05) is 6.04 Å². The van der Waals surface area contributed by atoms with Gasteiger partial charge in [0.2, 0.25) is 10.0 Å². The van der Waals surface area contributed by atoms with Crippen LogP contribution in [0.2, 0.25) is 0 Å². The van der Waals surface area contributed by atoms with Crippen molar-refractivity contribution in [3.8, 4) is 6.07 Å². The van der Waals surface area contributed by atoms with E-state index >= 15 is 0 Å². The molecule has 1 aliphatic rings. The molecule has 23 heavy (non-hydrogen) atoms. The Morgan fingerprint density at radius 1 is 1.26 bits per heavy atom. The van der Waals surface area contributed by atoms with Crippen LogP contribution in [0.25, 0.3) is 0 Å². The molecule has 0 radical (unpaired) electrons. The van der Waals surface area contributed by atoms with Gasteiger partial charge >= 0.3 is 6.18 Å². The van der Waals surface area contributed by atoms with Crippen molar-refractivity contribution in [1.29, 1.82) is 5.26 Å². The molecule has 1 aromatic carbocycles. The van der Waals surface area contributed by atoms with Crippen LogP contribution in [0.5, 0.6) is 0 Å². The molecule has 0 saturated heterocycles. The van der Waals surface area contributed by atoms with E-state index in [2.05, 4.69) is 4.72 Å². The average molecular weight is 348 g/mol. The van der Waals surface area contributed by atoms with Gasteiger partial charge in [-0.15, -0.1) is 0 Å². The number of hydrogen-bond acceptors (Lipinski definition) is 4. The fraction of sp³-hybridized carbons (Fsp3) is 0.500. The molecule has 0 heterocycles. The first kappa shape index (κ1) is 17.7. The summed E-state index contributed by atoms with van der Waals surface area (Å²) in [5.74, 6) is 0. The van der Waals surface area contributed by atoms with Gasteiger partial charge in [-0.25, -0.2) is 13.1 Å². The van der Waals surface area contributed by atoms with Crippen LogP contribution in [-0.4, -0.2) is 25.7 Å². The number of sulfonamides is 1. The van der Waals surface area contributed by atoms with E-state index in [1.807, 2.05) is 0 Å². The molecule has 2 rings (SSSR count). The largest absolute Gasteiger partial charge is 0.417 e. The monoisotopic (exact) mass is 348 g/mol. The van der Waals surface area contributed by atoms with Crippen molar-refractivity contribution in [2.24, 2.45) is 0 Å². The molecule has 2 atom stereocenters. The van der Waals surface area contributed by atoms with Crippen molar-refractivity contribution in [2.75, 3.05) is 0 Å². The zero-order chi connectivity index (χ0) is 17.3. The minimum absolute atomic E-state index is 0.419. The molecular weight excluding hydrogens is 333 g/mol. The number of nitrogens with zero attached hydrogens (tertiary/aromatic N) is 1. The maximum Gasteiger partial charge on any atom is 0.417 e. The van der Waals surface area contributed by atoms with Crippen LogP contribution < -0.4 is 4.72 Å². The van der Waals surface area contributed by atoms with Crippen LogP contribution >= 0.6 is 0 Å². The number of aliphatic hydroxyl groups excluding tert-OH is 1. The number of hydrogen-bond donors (Lipinski definition) is 2. The number of benzene rings is 1. The van der Waals surface area contributed by atoms with Gasteiger partial charge in [-0.2, -0.15) is 18.4 Å². The fourth-order valence-corrected chi connectivity index (χ4v) is 3.87. The maximum absolute atomic E-state index is 12.9. The van der Waals surface area contributed by atoms with Gasteiger partial charge in [-0.1, -0.05) is 12.8 Å². The number of halogens is 3. The van der Waals surface area contributed by atoms with E-state index in [1.165, 1.54) is 6.07 Å². The Hall–Kier alpha value is -1.63. The Balaban J connectivity index is 2.35. The molecule has 1 aromatic rings. The molecule has 0 aliphatic heterocycles. The number of nitriles is 1. The number of nitrogens with one attached hydrogen (secondary N) is 1. The smallest absolute Gasteiger partial charge is 0.391 e. The third-order valence-corrected chi connectivity index (χ3v) is 5.25. The Labute approximate surface area is 131 Å². The highest BCUT2D eigenvalue weighted by molar-refractivity contribution is 7.89. The van der Waals surface area contributed by atoms with Gasteiger partial charge < -0.3 is 5.11 Å². The van der Waals surface area contributed by atoms with E-state index in [-0.39, 0.29) is 0 Å². The van der Waals surface area contributed by atoms with E-state index in [4.69, 9.17) is 5.26 Å². The quantitative estimate of drug-likeness (QED) is 0.876. The second-order valence-corrected chi connectivity index (χ2v) is 7.11. The summed E-state index contributed by atoms with van der Waals surface area (Å²) < 4.78 is 65.5. The predicted molar refractivity (Wildman–Crippen MR) is 74.7 cm³/mol. The number of aliphatic hydroxyl groups is 1. The van der Waals surface area contributed by atoms with Gasteiger partial charge in [-0.05, 0) is 31.0 Å². The van der Waals surface area contributed by atoms with Crippen LogP contribution in [0.1, 0.15) is 36.8 Å². The van der Waals surface area contributed by atoms with Gasteiger partial charge in [0.05, 0.1) is 28.2 Å². The SMILES string of the molecule is N#Cc1ccc(S(=O)(=O)N[C@@H]2CCCC[C@H]2O)cc1C(F)(F)F. The van der Waals surface area contributed by atoms with Gasteiger partial charge in [-0.3, -0.25) is 0 Å². The van der Waals surface area contributed by atoms with E-state index < -0.39 is 44.4 Å².